The van der Waals surface area contributed by atoms with E-state index in [0.717, 1.165) is 42.6 Å². The molecule has 4 N–H and O–H groups in total. The minimum atomic E-state index is -0.115. The Balaban J connectivity index is 1.75. The number of rotatable bonds is 3. The number of aromatic hydroxyl groups is 1. The molecule has 1 atom stereocenters. The SMILES string of the molecule is Cc1n[nH]c2nc(-c3ccc(O)cc3)cc(C(=O)NC3CCCNC3)c12. The summed E-state index contributed by atoms with van der Waals surface area (Å²) in [5, 5.41) is 23.8. The monoisotopic (exact) mass is 351 g/mol. The van der Waals surface area contributed by atoms with Crippen LogP contribution in [0.25, 0.3) is 22.3 Å². The van der Waals surface area contributed by atoms with Gasteiger partial charge in [0.05, 0.1) is 22.3 Å². The minimum absolute atomic E-state index is 0.115. The molecule has 0 bridgehead atoms. The molecule has 1 aliphatic rings. The van der Waals surface area contributed by atoms with E-state index in [-0.39, 0.29) is 17.7 Å². The summed E-state index contributed by atoms with van der Waals surface area (Å²) in [7, 11) is 0. The molecule has 1 amide bonds. The fourth-order valence-electron chi connectivity index (χ4n) is 3.38. The number of aryl methyl sites for hydroxylation is 1. The summed E-state index contributed by atoms with van der Waals surface area (Å²) >= 11 is 0. The van der Waals surface area contributed by atoms with Gasteiger partial charge in [0.2, 0.25) is 0 Å². The number of carbonyl (C=O) groups is 1. The summed E-state index contributed by atoms with van der Waals surface area (Å²) in [4.78, 5) is 17.6. The number of nitrogens with one attached hydrogen (secondary N) is 3. The normalized spacial score (nSPS) is 17.3. The number of aromatic nitrogens is 3. The van der Waals surface area contributed by atoms with Gasteiger partial charge in [-0.25, -0.2) is 4.98 Å². The first-order valence-electron chi connectivity index (χ1n) is 8.78. The lowest BCUT2D eigenvalue weighted by molar-refractivity contribution is 0.0932. The van der Waals surface area contributed by atoms with E-state index in [2.05, 4.69) is 25.8 Å². The van der Waals surface area contributed by atoms with Crippen LogP contribution in [0.5, 0.6) is 5.75 Å². The molecule has 7 nitrogen and oxygen atoms in total. The van der Waals surface area contributed by atoms with E-state index in [0.29, 0.717) is 16.9 Å². The topological polar surface area (TPSA) is 103 Å². The summed E-state index contributed by atoms with van der Waals surface area (Å²) in [6.45, 7) is 3.65. The third kappa shape index (κ3) is 3.13. The Kier molecular flexibility index (Phi) is 4.30. The highest BCUT2D eigenvalue weighted by Crippen LogP contribution is 2.27. The van der Waals surface area contributed by atoms with Crippen molar-refractivity contribution in [2.45, 2.75) is 25.8 Å². The number of H-pyrrole nitrogens is 1. The Labute approximate surface area is 150 Å². The molecular weight excluding hydrogens is 330 g/mol. The van der Waals surface area contributed by atoms with Crippen molar-refractivity contribution in [1.29, 1.82) is 0 Å². The molecule has 0 spiro atoms. The van der Waals surface area contributed by atoms with E-state index in [4.69, 9.17) is 0 Å². The molecule has 1 aromatic carbocycles. The molecule has 3 heterocycles. The molecular formula is C19H21N5O2. The number of phenols is 1. The Morgan fingerprint density at radius 1 is 1.31 bits per heavy atom. The number of pyridine rings is 1. The molecule has 7 heteroatoms. The van der Waals surface area contributed by atoms with Gasteiger partial charge < -0.3 is 15.7 Å². The average molecular weight is 351 g/mol. The first-order valence-corrected chi connectivity index (χ1v) is 8.78. The second kappa shape index (κ2) is 6.76. The van der Waals surface area contributed by atoms with Gasteiger partial charge in [-0.2, -0.15) is 5.10 Å². The highest BCUT2D eigenvalue weighted by atomic mass is 16.3. The first kappa shape index (κ1) is 16.5. The summed E-state index contributed by atoms with van der Waals surface area (Å²) in [6.07, 6.45) is 2.03. The van der Waals surface area contributed by atoms with E-state index in [9.17, 15) is 9.90 Å². The molecule has 4 rings (SSSR count). The van der Waals surface area contributed by atoms with Crippen LogP contribution in [0.4, 0.5) is 0 Å². The molecule has 1 aliphatic heterocycles. The van der Waals surface area contributed by atoms with Gasteiger partial charge in [0.15, 0.2) is 5.65 Å². The molecule has 2 aromatic heterocycles. The predicted octanol–water partition coefficient (Wildman–Crippen LogP) is 2.12. The number of hydrogen-bond donors (Lipinski definition) is 4. The van der Waals surface area contributed by atoms with Gasteiger partial charge in [-0.15, -0.1) is 0 Å². The molecule has 3 aromatic rings. The number of benzene rings is 1. The van der Waals surface area contributed by atoms with Gasteiger partial charge >= 0.3 is 0 Å². The second-order valence-electron chi connectivity index (χ2n) is 6.65. The summed E-state index contributed by atoms with van der Waals surface area (Å²) in [6, 6.07) is 8.69. The third-order valence-electron chi connectivity index (χ3n) is 4.75. The number of phenolic OH excluding ortho intramolecular Hbond substituents is 1. The van der Waals surface area contributed by atoms with Crippen LogP contribution in [0.3, 0.4) is 0 Å². The van der Waals surface area contributed by atoms with Crippen molar-refractivity contribution in [3.05, 3.63) is 41.6 Å². The number of hydrogen-bond acceptors (Lipinski definition) is 5. The van der Waals surface area contributed by atoms with Crippen LogP contribution in [0.15, 0.2) is 30.3 Å². The Hall–Kier alpha value is -2.93. The van der Waals surface area contributed by atoms with Gasteiger partial charge in [0.1, 0.15) is 5.75 Å². The fourth-order valence-corrected chi connectivity index (χ4v) is 3.38. The second-order valence-corrected chi connectivity index (χ2v) is 6.65. The Morgan fingerprint density at radius 3 is 2.85 bits per heavy atom. The summed E-state index contributed by atoms with van der Waals surface area (Å²) < 4.78 is 0. The molecule has 0 aliphatic carbocycles. The van der Waals surface area contributed by atoms with E-state index >= 15 is 0 Å². The molecule has 1 fully saturated rings. The van der Waals surface area contributed by atoms with Crippen molar-refractivity contribution in [3.63, 3.8) is 0 Å². The van der Waals surface area contributed by atoms with Crippen LogP contribution in [-0.2, 0) is 0 Å². The lowest BCUT2D eigenvalue weighted by Gasteiger charge is -2.24. The van der Waals surface area contributed by atoms with E-state index in [1.54, 1.807) is 30.3 Å². The van der Waals surface area contributed by atoms with Crippen LogP contribution in [0.1, 0.15) is 28.9 Å². The Morgan fingerprint density at radius 2 is 2.12 bits per heavy atom. The zero-order valence-electron chi connectivity index (χ0n) is 14.5. The maximum absolute atomic E-state index is 13.0. The van der Waals surface area contributed by atoms with Crippen molar-refractivity contribution in [1.82, 2.24) is 25.8 Å². The molecule has 0 radical (unpaired) electrons. The third-order valence-corrected chi connectivity index (χ3v) is 4.75. The standard InChI is InChI=1S/C19H21N5O2/c1-11-17-15(19(26)21-13-3-2-8-20-10-13)9-16(22-18(17)24-23-11)12-4-6-14(25)7-5-12/h4-7,9,13,20,25H,2-3,8,10H2,1H3,(H,21,26)(H,22,23,24). The fraction of sp³-hybridized carbons (Fsp3) is 0.316. The average Bonchev–Trinajstić information content (AvgIpc) is 3.03. The van der Waals surface area contributed by atoms with Crippen molar-refractivity contribution in [3.8, 4) is 17.0 Å². The number of amides is 1. The van der Waals surface area contributed by atoms with Crippen molar-refractivity contribution >= 4 is 16.9 Å². The summed E-state index contributed by atoms with van der Waals surface area (Å²) in [5.41, 5.74) is 3.38. The van der Waals surface area contributed by atoms with Gasteiger partial charge in [0.25, 0.3) is 5.91 Å². The largest absolute Gasteiger partial charge is 0.508 e. The van der Waals surface area contributed by atoms with E-state index in [1.165, 1.54) is 0 Å². The van der Waals surface area contributed by atoms with Crippen LogP contribution in [-0.4, -0.2) is 45.3 Å². The quantitative estimate of drug-likeness (QED) is 0.579. The zero-order valence-corrected chi connectivity index (χ0v) is 14.5. The van der Waals surface area contributed by atoms with Crippen LogP contribution < -0.4 is 10.6 Å². The van der Waals surface area contributed by atoms with E-state index in [1.807, 2.05) is 6.92 Å². The minimum Gasteiger partial charge on any atom is -0.508 e. The van der Waals surface area contributed by atoms with Gasteiger partial charge in [0, 0.05) is 18.2 Å². The van der Waals surface area contributed by atoms with Gasteiger partial charge in [-0.05, 0) is 56.6 Å². The molecule has 0 saturated carbocycles. The van der Waals surface area contributed by atoms with Gasteiger partial charge in [-0.3, -0.25) is 9.89 Å². The van der Waals surface area contributed by atoms with Crippen LogP contribution >= 0.6 is 0 Å². The number of carbonyl (C=O) groups excluding carboxylic acids is 1. The van der Waals surface area contributed by atoms with Crippen molar-refractivity contribution < 1.29 is 9.90 Å². The van der Waals surface area contributed by atoms with E-state index < -0.39 is 0 Å². The zero-order chi connectivity index (χ0) is 18.1. The molecule has 26 heavy (non-hydrogen) atoms. The lowest BCUT2D eigenvalue weighted by atomic mass is 10.0. The molecule has 134 valence electrons. The van der Waals surface area contributed by atoms with Crippen LogP contribution in [0.2, 0.25) is 0 Å². The molecule has 1 unspecified atom stereocenters. The highest BCUT2D eigenvalue weighted by Gasteiger charge is 2.21. The maximum Gasteiger partial charge on any atom is 0.252 e. The smallest absolute Gasteiger partial charge is 0.252 e. The van der Waals surface area contributed by atoms with Crippen molar-refractivity contribution in [2.75, 3.05) is 13.1 Å². The molecule has 1 saturated heterocycles. The highest BCUT2D eigenvalue weighted by molar-refractivity contribution is 6.07. The number of aromatic amines is 1. The van der Waals surface area contributed by atoms with Gasteiger partial charge in [-0.1, -0.05) is 0 Å². The number of nitrogens with zero attached hydrogens (tertiary/aromatic N) is 2. The maximum atomic E-state index is 13.0. The number of fused-ring (bicyclic) bond motifs is 1. The number of piperidine rings is 1. The lowest BCUT2D eigenvalue weighted by Crippen LogP contribution is -2.45. The van der Waals surface area contributed by atoms with Crippen molar-refractivity contribution in [2.24, 2.45) is 0 Å². The Bertz CT molecular complexity index is 942. The first-order chi connectivity index (χ1) is 12.6. The predicted molar refractivity (Wildman–Crippen MR) is 99.1 cm³/mol. The summed E-state index contributed by atoms with van der Waals surface area (Å²) in [5.74, 6) is 0.0746. The van der Waals surface area contributed by atoms with Crippen LogP contribution in [0, 0.1) is 6.92 Å².